The second kappa shape index (κ2) is 11.8. The number of oxazole rings is 1. The Balaban J connectivity index is 0.940. The molecular formula is C30H30N4O6. The largest absolute Gasteiger partial charge is 0.491 e. The lowest BCUT2D eigenvalue weighted by atomic mass is 10.2. The normalized spacial score (nSPS) is 16.1. The van der Waals surface area contributed by atoms with Gasteiger partial charge in [-0.2, -0.15) is 0 Å². The van der Waals surface area contributed by atoms with Gasteiger partial charge >= 0.3 is 0 Å². The Hall–Kier alpha value is -4.38. The van der Waals surface area contributed by atoms with Crippen LogP contribution in [0.1, 0.15) is 0 Å². The summed E-state index contributed by atoms with van der Waals surface area (Å²) in [5, 5.41) is 13.5. The topological polar surface area (TPSA) is 110 Å². The summed E-state index contributed by atoms with van der Waals surface area (Å²) in [5.74, 6) is 2.13. The van der Waals surface area contributed by atoms with Crippen molar-refractivity contribution in [2.45, 2.75) is 6.10 Å². The Labute approximate surface area is 231 Å². The first-order valence-corrected chi connectivity index (χ1v) is 13.2. The first-order valence-electron chi connectivity index (χ1n) is 13.2. The molecule has 4 aromatic rings. The molecule has 0 saturated carbocycles. The van der Waals surface area contributed by atoms with Crippen molar-refractivity contribution in [1.82, 2.24) is 14.8 Å². The Morgan fingerprint density at radius 1 is 0.975 bits per heavy atom. The van der Waals surface area contributed by atoms with Crippen LogP contribution in [0.3, 0.4) is 0 Å². The summed E-state index contributed by atoms with van der Waals surface area (Å²) in [6, 6.07) is 20.6. The van der Waals surface area contributed by atoms with E-state index in [-0.39, 0.29) is 19.1 Å². The highest BCUT2D eigenvalue weighted by Crippen LogP contribution is 2.37. The van der Waals surface area contributed by atoms with Crippen LogP contribution in [0.5, 0.6) is 17.2 Å². The van der Waals surface area contributed by atoms with Crippen LogP contribution in [-0.2, 0) is 4.79 Å². The molecule has 2 N–H and O–H groups in total. The predicted molar refractivity (Wildman–Crippen MR) is 149 cm³/mol. The van der Waals surface area contributed by atoms with Crippen molar-refractivity contribution in [2.75, 3.05) is 51.2 Å². The van der Waals surface area contributed by atoms with E-state index in [1.165, 1.54) is 12.5 Å². The highest BCUT2D eigenvalue weighted by Gasteiger charge is 2.22. The van der Waals surface area contributed by atoms with Gasteiger partial charge in [0, 0.05) is 44.4 Å². The maximum Gasteiger partial charge on any atom is 0.238 e. The van der Waals surface area contributed by atoms with Crippen LogP contribution >= 0.6 is 0 Å². The van der Waals surface area contributed by atoms with Crippen molar-refractivity contribution in [2.24, 2.45) is 0 Å². The van der Waals surface area contributed by atoms with E-state index in [0.717, 1.165) is 31.7 Å². The average molecular weight is 543 g/mol. The van der Waals surface area contributed by atoms with Gasteiger partial charge in [0.15, 0.2) is 17.1 Å². The van der Waals surface area contributed by atoms with E-state index in [0.29, 0.717) is 46.5 Å². The number of β-amino-alcohol motifs (C(OH)–C–C–N with tert-alkyl or cyclic N) is 1. The number of aliphatic hydroxyl groups is 1. The molecule has 1 atom stereocenters. The van der Waals surface area contributed by atoms with E-state index in [1.54, 1.807) is 18.2 Å². The first-order chi connectivity index (χ1) is 19.6. The van der Waals surface area contributed by atoms with Crippen LogP contribution in [0, 0.1) is 0 Å². The monoisotopic (exact) mass is 542 g/mol. The second-order valence-electron chi connectivity index (χ2n) is 9.75. The van der Waals surface area contributed by atoms with Gasteiger partial charge in [-0.15, -0.1) is 0 Å². The maximum atomic E-state index is 12.7. The lowest BCUT2D eigenvalue weighted by Gasteiger charge is -2.35. The number of para-hydroxylation sites is 1. The molecule has 10 nitrogen and oxygen atoms in total. The van der Waals surface area contributed by atoms with Crippen LogP contribution in [0.25, 0.3) is 22.6 Å². The number of carbonyl (C=O) groups excluding carboxylic acids is 1. The lowest BCUT2D eigenvalue weighted by molar-refractivity contribution is -0.117. The van der Waals surface area contributed by atoms with Crippen molar-refractivity contribution in [3.63, 3.8) is 0 Å². The lowest BCUT2D eigenvalue weighted by Crippen LogP contribution is -2.50. The SMILES string of the molecule is O=C(CN1CCN(CC(O)COc2ccc3oc(-c4ccccc4)nc3c2)CC1)Nc1cccc2c1OC=CO2. The summed E-state index contributed by atoms with van der Waals surface area (Å²) in [6.45, 7) is 3.88. The van der Waals surface area contributed by atoms with Crippen molar-refractivity contribution < 1.29 is 28.5 Å². The van der Waals surface area contributed by atoms with Gasteiger partial charge < -0.3 is 29.1 Å². The standard InChI is InChI=1S/C30H30N4O6/c35-22(20-39-23-9-10-26-25(17-23)32-30(40-26)21-5-2-1-3-6-21)18-33-11-13-34(14-12-33)19-28(36)31-24-7-4-8-27-29(24)38-16-15-37-27/h1-10,15-17,22,35H,11-14,18-20H2,(H,31,36). The zero-order valence-corrected chi connectivity index (χ0v) is 21.9. The summed E-state index contributed by atoms with van der Waals surface area (Å²) in [4.78, 5) is 21.5. The summed E-state index contributed by atoms with van der Waals surface area (Å²) < 4.78 is 22.6. The molecule has 10 heteroatoms. The Kier molecular flexibility index (Phi) is 7.62. The molecule has 3 heterocycles. The molecule has 206 valence electrons. The molecule has 6 rings (SSSR count). The molecule has 0 bridgehead atoms. The minimum absolute atomic E-state index is 0.117. The van der Waals surface area contributed by atoms with Crippen LogP contribution in [0.2, 0.25) is 0 Å². The van der Waals surface area contributed by atoms with Crippen molar-refractivity contribution >= 4 is 22.7 Å². The van der Waals surface area contributed by atoms with E-state index < -0.39 is 6.10 Å². The zero-order valence-electron chi connectivity index (χ0n) is 21.9. The number of ether oxygens (including phenoxy) is 3. The highest BCUT2D eigenvalue weighted by molar-refractivity contribution is 5.94. The van der Waals surface area contributed by atoms with Gasteiger partial charge in [-0.1, -0.05) is 24.3 Å². The molecule has 0 radical (unpaired) electrons. The second-order valence-corrected chi connectivity index (χ2v) is 9.75. The number of hydrogen-bond acceptors (Lipinski definition) is 9. The van der Waals surface area contributed by atoms with E-state index in [1.807, 2.05) is 48.5 Å². The molecule has 40 heavy (non-hydrogen) atoms. The van der Waals surface area contributed by atoms with Gasteiger partial charge in [0.1, 0.15) is 36.5 Å². The van der Waals surface area contributed by atoms with Gasteiger partial charge in [-0.05, 0) is 36.4 Å². The van der Waals surface area contributed by atoms with Crippen molar-refractivity contribution in [1.29, 1.82) is 0 Å². The Bertz CT molecular complexity index is 1500. The quantitative estimate of drug-likeness (QED) is 0.327. The number of rotatable bonds is 9. The van der Waals surface area contributed by atoms with Crippen LogP contribution in [0.15, 0.2) is 83.7 Å². The van der Waals surface area contributed by atoms with Crippen LogP contribution < -0.4 is 19.5 Å². The van der Waals surface area contributed by atoms with Gasteiger partial charge in [-0.25, -0.2) is 4.98 Å². The summed E-state index contributed by atoms with van der Waals surface area (Å²) in [6.07, 6.45) is 2.24. The molecular weight excluding hydrogens is 512 g/mol. The highest BCUT2D eigenvalue weighted by atomic mass is 16.5. The third kappa shape index (κ3) is 6.09. The average Bonchev–Trinajstić information content (AvgIpc) is 3.41. The third-order valence-electron chi connectivity index (χ3n) is 6.81. The van der Waals surface area contributed by atoms with E-state index in [2.05, 4.69) is 20.1 Å². The number of aromatic nitrogens is 1. The molecule has 2 aliphatic rings. The van der Waals surface area contributed by atoms with Gasteiger partial charge in [0.2, 0.25) is 11.8 Å². The molecule has 1 unspecified atom stereocenters. The van der Waals surface area contributed by atoms with E-state index in [9.17, 15) is 9.90 Å². The number of aliphatic hydroxyl groups excluding tert-OH is 1. The number of piperazine rings is 1. The smallest absolute Gasteiger partial charge is 0.238 e. The van der Waals surface area contributed by atoms with Gasteiger partial charge in [-0.3, -0.25) is 14.6 Å². The van der Waals surface area contributed by atoms with E-state index in [4.69, 9.17) is 18.6 Å². The molecule has 2 aliphatic heterocycles. The van der Waals surface area contributed by atoms with Gasteiger partial charge in [0.05, 0.1) is 12.2 Å². The van der Waals surface area contributed by atoms with Gasteiger partial charge in [0.25, 0.3) is 0 Å². The fourth-order valence-corrected chi connectivity index (χ4v) is 4.79. The predicted octanol–water partition coefficient (Wildman–Crippen LogP) is 3.73. The number of nitrogens with zero attached hydrogens (tertiary/aromatic N) is 3. The van der Waals surface area contributed by atoms with E-state index >= 15 is 0 Å². The Morgan fingerprint density at radius 2 is 1.77 bits per heavy atom. The fraction of sp³-hybridized carbons (Fsp3) is 0.267. The number of anilines is 1. The number of benzene rings is 3. The summed E-state index contributed by atoms with van der Waals surface area (Å²) in [7, 11) is 0. The summed E-state index contributed by atoms with van der Waals surface area (Å²) in [5.41, 5.74) is 2.87. The molecule has 1 aromatic heterocycles. The molecule has 0 spiro atoms. The summed E-state index contributed by atoms with van der Waals surface area (Å²) >= 11 is 0. The number of amides is 1. The molecule has 3 aromatic carbocycles. The first kappa shape index (κ1) is 25.9. The molecule has 0 aliphatic carbocycles. The van der Waals surface area contributed by atoms with Crippen molar-refractivity contribution in [3.05, 3.63) is 79.3 Å². The minimum Gasteiger partial charge on any atom is -0.491 e. The molecule has 1 saturated heterocycles. The Morgan fingerprint density at radius 3 is 2.62 bits per heavy atom. The molecule has 1 amide bonds. The third-order valence-corrected chi connectivity index (χ3v) is 6.81. The minimum atomic E-state index is -0.650. The maximum absolute atomic E-state index is 12.7. The number of carbonyl (C=O) groups is 1. The van der Waals surface area contributed by atoms with Crippen LogP contribution in [0.4, 0.5) is 5.69 Å². The number of hydrogen-bond donors (Lipinski definition) is 2. The van der Waals surface area contributed by atoms with Crippen molar-refractivity contribution in [3.8, 4) is 28.7 Å². The fourth-order valence-electron chi connectivity index (χ4n) is 4.79. The zero-order chi connectivity index (χ0) is 27.3. The molecule has 1 fully saturated rings. The van der Waals surface area contributed by atoms with Crippen LogP contribution in [-0.4, -0.2) is 77.8 Å². The number of nitrogens with one attached hydrogen (secondary N) is 1. The number of fused-ring (bicyclic) bond motifs is 2.